The summed E-state index contributed by atoms with van der Waals surface area (Å²) in [6, 6.07) is -1.25. The van der Waals surface area contributed by atoms with Crippen LogP contribution in [0.4, 0.5) is 4.79 Å². The van der Waals surface area contributed by atoms with Gasteiger partial charge < -0.3 is 14.2 Å². The molecule has 1 heterocycles. The average Bonchev–Trinajstić information content (AvgIpc) is 3.11. The van der Waals surface area contributed by atoms with Crippen LogP contribution in [0, 0.1) is 0 Å². The number of Topliss-reactive ketones (excluding diaryl/α,β-unsaturated/α-hetero) is 1. The van der Waals surface area contributed by atoms with Crippen molar-refractivity contribution in [1.82, 2.24) is 4.90 Å². The molecule has 1 amide bonds. The molecule has 0 aromatic carbocycles. The molecule has 21 heavy (non-hydrogen) atoms. The summed E-state index contributed by atoms with van der Waals surface area (Å²) in [6.07, 6.45) is -0.932. The fraction of sp³-hybridized carbons (Fsp3) is 0.692. The Hall–Kier alpha value is -2.12. The van der Waals surface area contributed by atoms with E-state index in [0.29, 0.717) is 0 Å². The highest BCUT2D eigenvalue weighted by Crippen LogP contribution is 2.44. The first kappa shape index (κ1) is 16.9. The molecular weight excluding hydrogens is 282 g/mol. The number of carbonyl (C=O) groups is 4. The van der Waals surface area contributed by atoms with Crippen molar-refractivity contribution in [2.45, 2.75) is 39.3 Å². The molecule has 1 saturated heterocycles. The summed E-state index contributed by atoms with van der Waals surface area (Å²) in [5.41, 5.74) is -2.07. The van der Waals surface area contributed by atoms with E-state index in [1.54, 1.807) is 20.8 Å². The van der Waals surface area contributed by atoms with Crippen LogP contribution in [0.25, 0.3) is 0 Å². The van der Waals surface area contributed by atoms with Crippen LogP contribution in [0.5, 0.6) is 0 Å². The van der Waals surface area contributed by atoms with Crippen LogP contribution in [0.2, 0.25) is 0 Å². The molecule has 8 heteroatoms. The topological polar surface area (TPSA) is 99.0 Å². The van der Waals surface area contributed by atoms with E-state index in [-0.39, 0.29) is 19.8 Å². The van der Waals surface area contributed by atoms with Crippen LogP contribution in [-0.2, 0) is 28.6 Å². The molecule has 1 aliphatic rings. The molecule has 0 spiro atoms. The molecule has 1 aliphatic heterocycles. The number of rotatable bonds is 6. The van der Waals surface area contributed by atoms with Gasteiger partial charge >= 0.3 is 18.0 Å². The number of carbonyl (C=O) groups excluding carboxylic acids is 4. The Balaban J connectivity index is 3.21. The van der Waals surface area contributed by atoms with Gasteiger partial charge in [-0.15, -0.1) is 0 Å². The van der Waals surface area contributed by atoms with E-state index < -0.39 is 35.4 Å². The van der Waals surface area contributed by atoms with E-state index in [1.165, 1.54) is 6.92 Å². The first-order chi connectivity index (χ1) is 9.89. The molecule has 0 aromatic rings. The predicted molar refractivity (Wildman–Crippen MR) is 69.3 cm³/mol. The Morgan fingerprint density at radius 2 is 1.33 bits per heavy atom. The van der Waals surface area contributed by atoms with Gasteiger partial charge in [-0.1, -0.05) is 0 Å². The standard InChI is InChI=1S/C13H19NO7/c1-5-19-10(16)13(11(17)20-6-2)9(8(4)15)14(13)12(18)21-7-3/h9H,5-7H2,1-4H3. The number of hydrogen-bond donors (Lipinski definition) is 0. The third-order valence-electron chi connectivity index (χ3n) is 2.99. The summed E-state index contributed by atoms with van der Waals surface area (Å²) in [5.74, 6) is -2.50. The Kier molecular flexibility index (Phi) is 5.28. The molecule has 118 valence electrons. The van der Waals surface area contributed by atoms with Gasteiger partial charge in [0.2, 0.25) is 0 Å². The number of amides is 1. The minimum atomic E-state index is -2.07. The predicted octanol–water partition coefficient (Wildman–Crippen LogP) is 0.281. The lowest BCUT2D eigenvalue weighted by Gasteiger charge is -2.14. The molecule has 8 nitrogen and oxygen atoms in total. The van der Waals surface area contributed by atoms with Crippen LogP contribution >= 0.6 is 0 Å². The summed E-state index contributed by atoms with van der Waals surface area (Å²) in [5, 5.41) is 0. The zero-order valence-corrected chi connectivity index (χ0v) is 12.5. The number of hydrogen-bond acceptors (Lipinski definition) is 7. The molecule has 1 atom stereocenters. The SMILES string of the molecule is CCOC(=O)N1C(C(C)=O)C1(C(=O)OCC)C(=O)OCC. The molecule has 0 saturated carbocycles. The normalized spacial score (nSPS) is 18.7. The maximum Gasteiger partial charge on any atom is 0.411 e. The molecule has 0 aromatic heterocycles. The third kappa shape index (κ3) is 2.70. The van der Waals surface area contributed by atoms with E-state index in [9.17, 15) is 19.2 Å². The Morgan fingerprint density at radius 1 is 0.905 bits per heavy atom. The van der Waals surface area contributed by atoms with E-state index >= 15 is 0 Å². The van der Waals surface area contributed by atoms with Gasteiger partial charge in [-0.05, 0) is 27.7 Å². The van der Waals surface area contributed by atoms with Gasteiger partial charge in [0.25, 0.3) is 5.54 Å². The number of ether oxygens (including phenoxy) is 3. The minimum absolute atomic E-state index is 0.00127. The Bertz CT molecular complexity index is 441. The van der Waals surface area contributed by atoms with E-state index in [0.717, 1.165) is 4.90 Å². The second-order valence-corrected chi connectivity index (χ2v) is 4.29. The zero-order valence-electron chi connectivity index (χ0n) is 12.5. The van der Waals surface area contributed by atoms with Gasteiger partial charge in [0.15, 0.2) is 5.78 Å². The van der Waals surface area contributed by atoms with Crippen molar-refractivity contribution in [2.75, 3.05) is 19.8 Å². The van der Waals surface area contributed by atoms with Crippen molar-refractivity contribution in [3.05, 3.63) is 0 Å². The summed E-state index contributed by atoms with van der Waals surface area (Å²) in [6.45, 7) is 5.90. The molecule has 1 fully saturated rings. The van der Waals surface area contributed by atoms with Gasteiger partial charge in [0.05, 0.1) is 19.8 Å². The molecular formula is C13H19NO7. The minimum Gasteiger partial charge on any atom is -0.464 e. The number of nitrogens with zero attached hydrogens (tertiary/aromatic N) is 1. The van der Waals surface area contributed by atoms with Crippen molar-refractivity contribution < 1.29 is 33.4 Å². The maximum absolute atomic E-state index is 12.2. The molecule has 0 aliphatic carbocycles. The first-order valence-electron chi connectivity index (χ1n) is 6.70. The fourth-order valence-corrected chi connectivity index (χ4v) is 2.20. The number of ketones is 1. The summed E-state index contributed by atoms with van der Waals surface area (Å²) >= 11 is 0. The van der Waals surface area contributed by atoms with Crippen LogP contribution in [0.3, 0.4) is 0 Å². The van der Waals surface area contributed by atoms with Crippen molar-refractivity contribution in [3.8, 4) is 0 Å². The van der Waals surface area contributed by atoms with E-state index in [4.69, 9.17) is 14.2 Å². The van der Waals surface area contributed by atoms with Gasteiger partial charge in [0.1, 0.15) is 6.04 Å². The summed E-state index contributed by atoms with van der Waals surface area (Å²) in [4.78, 5) is 48.7. The molecule has 0 radical (unpaired) electrons. The molecule has 1 unspecified atom stereocenters. The fourth-order valence-electron chi connectivity index (χ4n) is 2.20. The monoisotopic (exact) mass is 301 g/mol. The molecule has 0 bridgehead atoms. The van der Waals surface area contributed by atoms with Gasteiger partial charge in [-0.2, -0.15) is 0 Å². The second-order valence-electron chi connectivity index (χ2n) is 4.29. The molecule has 0 N–H and O–H groups in total. The van der Waals surface area contributed by atoms with E-state index in [2.05, 4.69) is 0 Å². The lowest BCUT2D eigenvalue weighted by Crippen LogP contribution is -2.44. The largest absolute Gasteiger partial charge is 0.464 e. The molecule has 1 rings (SSSR count). The quantitative estimate of drug-likeness (QED) is 0.301. The summed E-state index contributed by atoms with van der Waals surface area (Å²) in [7, 11) is 0. The Morgan fingerprint density at radius 3 is 1.67 bits per heavy atom. The van der Waals surface area contributed by atoms with E-state index in [1.807, 2.05) is 0 Å². The van der Waals surface area contributed by atoms with Crippen molar-refractivity contribution >= 4 is 23.8 Å². The highest BCUT2D eigenvalue weighted by molar-refractivity contribution is 6.19. The van der Waals surface area contributed by atoms with Gasteiger partial charge in [-0.25, -0.2) is 14.4 Å². The maximum atomic E-state index is 12.2. The average molecular weight is 301 g/mol. The van der Waals surface area contributed by atoms with Crippen LogP contribution < -0.4 is 0 Å². The van der Waals surface area contributed by atoms with Gasteiger partial charge in [-0.3, -0.25) is 9.69 Å². The van der Waals surface area contributed by atoms with Crippen LogP contribution in [-0.4, -0.2) is 60.1 Å². The lowest BCUT2D eigenvalue weighted by atomic mass is 10.0. The Labute approximate surface area is 122 Å². The van der Waals surface area contributed by atoms with Crippen molar-refractivity contribution in [3.63, 3.8) is 0 Å². The highest BCUT2D eigenvalue weighted by Gasteiger charge is 2.80. The number of esters is 2. The zero-order chi connectivity index (χ0) is 16.2. The van der Waals surface area contributed by atoms with Crippen LogP contribution in [0.15, 0.2) is 0 Å². The smallest absolute Gasteiger partial charge is 0.411 e. The second kappa shape index (κ2) is 6.55. The highest BCUT2D eigenvalue weighted by atomic mass is 16.6. The van der Waals surface area contributed by atoms with Gasteiger partial charge in [0, 0.05) is 0 Å². The van der Waals surface area contributed by atoms with Crippen molar-refractivity contribution in [1.29, 1.82) is 0 Å². The van der Waals surface area contributed by atoms with Crippen LogP contribution in [0.1, 0.15) is 27.7 Å². The third-order valence-corrected chi connectivity index (χ3v) is 2.99. The lowest BCUT2D eigenvalue weighted by molar-refractivity contribution is -0.161. The van der Waals surface area contributed by atoms with Crippen molar-refractivity contribution in [2.24, 2.45) is 0 Å². The first-order valence-corrected chi connectivity index (χ1v) is 6.70. The summed E-state index contributed by atoms with van der Waals surface area (Å²) < 4.78 is 14.4.